The van der Waals surface area contributed by atoms with Gasteiger partial charge in [0.15, 0.2) is 0 Å². The van der Waals surface area contributed by atoms with Crippen LogP contribution in [0.15, 0.2) is 59.0 Å². The Bertz CT molecular complexity index is 886. The van der Waals surface area contributed by atoms with Gasteiger partial charge in [-0.1, -0.05) is 31.2 Å². The third kappa shape index (κ3) is 4.27. The Kier molecular flexibility index (Phi) is 5.15. The van der Waals surface area contributed by atoms with Crippen LogP contribution in [0, 0.1) is 10.1 Å². The van der Waals surface area contributed by atoms with Crippen molar-refractivity contribution in [2.45, 2.75) is 13.3 Å². The number of nitrogens with one attached hydrogen (secondary N) is 1. The van der Waals surface area contributed by atoms with Crippen molar-refractivity contribution in [3.63, 3.8) is 0 Å². The van der Waals surface area contributed by atoms with Crippen LogP contribution >= 0.6 is 11.3 Å². The van der Waals surface area contributed by atoms with Gasteiger partial charge < -0.3 is 0 Å². The summed E-state index contributed by atoms with van der Waals surface area (Å²) in [5.74, 6) is 0. The Hall–Kier alpha value is -3.06. The van der Waals surface area contributed by atoms with Crippen LogP contribution in [-0.2, 0) is 6.42 Å². The number of non-ortho nitro benzene ring substituents is 1. The van der Waals surface area contributed by atoms with Crippen molar-refractivity contribution in [2.75, 3.05) is 5.43 Å². The van der Waals surface area contributed by atoms with Crippen LogP contribution < -0.4 is 5.43 Å². The van der Waals surface area contributed by atoms with E-state index in [0.717, 1.165) is 23.2 Å². The maximum Gasteiger partial charge on any atom is 0.269 e. The molecule has 0 unspecified atom stereocenters. The highest BCUT2D eigenvalue weighted by Gasteiger charge is 2.07. The van der Waals surface area contributed by atoms with Crippen LogP contribution in [0.5, 0.6) is 0 Å². The first-order valence-corrected chi connectivity index (χ1v) is 8.62. The highest BCUT2D eigenvalue weighted by atomic mass is 32.1. The molecule has 0 bridgehead atoms. The van der Waals surface area contributed by atoms with Crippen LogP contribution in [0.2, 0.25) is 0 Å². The minimum Gasteiger partial charge on any atom is -0.258 e. The molecule has 0 atom stereocenters. The number of rotatable bonds is 6. The summed E-state index contributed by atoms with van der Waals surface area (Å²) in [6.07, 6.45) is 2.76. The average Bonchev–Trinajstić information content (AvgIpc) is 3.11. The lowest BCUT2D eigenvalue weighted by Crippen LogP contribution is -1.91. The second-order valence-corrected chi connectivity index (χ2v) is 6.17. The van der Waals surface area contributed by atoms with E-state index in [0.29, 0.717) is 5.13 Å². The normalized spacial score (nSPS) is 10.9. The summed E-state index contributed by atoms with van der Waals surface area (Å²) in [5.41, 5.74) is 6.86. The van der Waals surface area contributed by atoms with Gasteiger partial charge in [-0.2, -0.15) is 5.10 Å². The van der Waals surface area contributed by atoms with Crippen LogP contribution in [0.1, 0.15) is 18.1 Å². The number of hydrogen-bond acceptors (Lipinski definition) is 6. The predicted octanol–water partition coefficient (Wildman–Crippen LogP) is 4.73. The van der Waals surface area contributed by atoms with E-state index in [1.54, 1.807) is 18.3 Å². The van der Waals surface area contributed by atoms with E-state index in [4.69, 9.17) is 0 Å². The number of anilines is 1. The highest BCUT2D eigenvalue weighted by molar-refractivity contribution is 7.14. The summed E-state index contributed by atoms with van der Waals surface area (Å²) in [6, 6.07) is 14.5. The number of nitro benzene ring substituents is 1. The van der Waals surface area contributed by atoms with E-state index in [9.17, 15) is 10.1 Å². The van der Waals surface area contributed by atoms with Gasteiger partial charge in [-0.05, 0) is 29.7 Å². The lowest BCUT2D eigenvalue weighted by molar-refractivity contribution is -0.384. The number of aryl methyl sites for hydroxylation is 1. The summed E-state index contributed by atoms with van der Waals surface area (Å²) in [5, 5.41) is 17.4. The van der Waals surface area contributed by atoms with E-state index >= 15 is 0 Å². The number of hydrazone groups is 1. The summed E-state index contributed by atoms with van der Waals surface area (Å²) < 4.78 is 0. The second kappa shape index (κ2) is 7.67. The maximum absolute atomic E-state index is 10.7. The fourth-order valence-electron chi connectivity index (χ4n) is 2.21. The molecule has 0 saturated heterocycles. The van der Waals surface area contributed by atoms with Gasteiger partial charge in [-0.3, -0.25) is 15.5 Å². The van der Waals surface area contributed by atoms with Crippen molar-refractivity contribution < 1.29 is 4.92 Å². The molecule has 2 aromatic carbocycles. The van der Waals surface area contributed by atoms with Gasteiger partial charge in [-0.25, -0.2) is 4.98 Å². The van der Waals surface area contributed by atoms with Crippen LogP contribution in [0.3, 0.4) is 0 Å². The molecule has 0 saturated carbocycles. The van der Waals surface area contributed by atoms with Crippen molar-refractivity contribution in [1.82, 2.24) is 4.98 Å². The molecule has 0 aliphatic rings. The fraction of sp³-hybridized carbons (Fsp3) is 0.111. The number of hydrogen-bond donors (Lipinski definition) is 1. The molecule has 3 rings (SSSR count). The molecule has 0 aliphatic heterocycles. The predicted molar refractivity (Wildman–Crippen MR) is 101 cm³/mol. The molecule has 7 heteroatoms. The van der Waals surface area contributed by atoms with Crippen LogP contribution in [-0.4, -0.2) is 16.1 Å². The molecular formula is C18H16N4O2S. The molecule has 0 spiro atoms. The fourth-order valence-corrected chi connectivity index (χ4v) is 2.88. The zero-order chi connectivity index (χ0) is 17.6. The lowest BCUT2D eigenvalue weighted by Gasteiger charge is -1.98. The molecule has 0 fully saturated rings. The number of aromatic nitrogens is 1. The molecule has 1 N–H and O–H groups in total. The van der Waals surface area contributed by atoms with Gasteiger partial charge in [0, 0.05) is 23.1 Å². The largest absolute Gasteiger partial charge is 0.269 e. The van der Waals surface area contributed by atoms with Crippen molar-refractivity contribution in [2.24, 2.45) is 5.10 Å². The lowest BCUT2D eigenvalue weighted by atomic mass is 10.1. The Balaban J connectivity index is 1.64. The van der Waals surface area contributed by atoms with E-state index in [-0.39, 0.29) is 5.69 Å². The minimum absolute atomic E-state index is 0.0658. The summed E-state index contributed by atoms with van der Waals surface area (Å²) in [7, 11) is 0. The zero-order valence-electron chi connectivity index (χ0n) is 13.5. The topological polar surface area (TPSA) is 80.4 Å². The maximum atomic E-state index is 10.7. The Morgan fingerprint density at radius 1 is 1.20 bits per heavy atom. The molecule has 126 valence electrons. The van der Waals surface area contributed by atoms with Crippen molar-refractivity contribution >= 4 is 28.4 Å². The van der Waals surface area contributed by atoms with Crippen molar-refractivity contribution in [3.05, 3.63) is 75.2 Å². The van der Waals surface area contributed by atoms with Gasteiger partial charge >= 0.3 is 0 Å². The molecular weight excluding hydrogens is 336 g/mol. The van der Waals surface area contributed by atoms with Gasteiger partial charge in [0.25, 0.3) is 5.69 Å². The Morgan fingerprint density at radius 2 is 1.92 bits per heavy atom. The highest BCUT2D eigenvalue weighted by Crippen LogP contribution is 2.26. The molecule has 1 aromatic heterocycles. The Morgan fingerprint density at radius 3 is 2.56 bits per heavy atom. The molecule has 0 amide bonds. The van der Waals surface area contributed by atoms with E-state index in [2.05, 4.69) is 34.6 Å². The minimum atomic E-state index is -0.417. The molecule has 25 heavy (non-hydrogen) atoms. The van der Waals surface area contributed by atoms with E-state index in [1.807, 2.05) is 17.5 Å². The molecule has 1 heterocycles. The number of benzene rings is 2. The molecule has 0 radical (unpaired) electrons. The van der Waals surface area contributed by atoms with Gasteiger partial charge in [0.05, 0.1) is 16.8 Å². The number of nitro groups is 1. The van der Waals surface area contributed by atoms with Gasteiger partial charge in [0.1, 0.15) is 0 Å². The monoisotopic (exact) mass is 352 g/mol. The van der Waals surface area contributed by atoms with Gasteiger partial charge in [-0.15, -0.1) is 11.3 Å². The van der Waals surface area contributed by atoms with Crippen LogP contribution in [0.4, 0.5) is 10.8 Å². The SMILES string of the molecule is CCc1ccc(/C=N\Nc2nc(-c3ccc([N+](=O)[O-])cc3)cs2)cc1. The first kappa shape index (κ1) is 16.8. The standard InChI is InChI=1S/C18H16N4O2S/c1-2-13-3-5-14(6-4-13)11-19-21-18-20-17(12-25-18)15-7-9-16(10-8-15)22(23)24/h3-12H,2H2,1H3,(H,20,21)/b19-11-. The Labute approximate surface area is 149 Å². The quantitative estimate of drug-likeness (QED) is 0.395. The van der Waals surface area contributed by atoms with Crippen LogP contribution in [0.25, 0.3) is 11.3 Å². The first-order valence-electron chi connectivity index (χ1n) is 7.74. The molecule has 0 aliphatic carbocycles. The summed E-state index contributed by atoms with van der Waals surface area (Å²) >= 11 is 1.43. The first-order chi connectivity index (χ1) is 12.2. The smallest absolute Gasteiger partial charge is 0.258 e. The summed E-state index contributed by atoms with van der Waals surface area (Å²) in [6.45, 7) is 2.12. The van der Waals surface area contributed by atoms with Crippen molar-refractivity contribution in [1.29, 1.82) is 0 Å². The molecule has 6 nitrogen and oxygen atoms in total. The van der Waals surface area contributed by atoms with E-state index < -0.39 is 4.92 Å². The third-order valence-corrected chi connectivity index (χ3v) is 4.39. The van der Waals surface area contributed by atoms with E-state index in [1.165, 1.54) is 29.0 Å². The number of nitrogens with zero attached hydrogens (tertiary/aromatic N) is 3. The summed E-state index contributed by atoms with van der Waals surface area (Å²) in [4.78, 5) is 14.7. The second-order valence-electron chi connectivity index (χ2n) is 5.31. The van der Waals surface area contributed by atoms with Crippen molar-refractivity contribution in [3.8, 4) is 11.3 Å². The number of thiazole rings is 1. The van der Waals surface area contributed by atoms with Gasteiger partial charge in [0.2, 0.25) is 5.13 Å². The zero-order valence-corrected chi connectivity index (χ0v) is 14.4. The third-order valence-electron chi connectivity index (χ3n) is 3.64. The average molecular weight is 352 g/mol. The molecule has 3 aromatic rings.